The molecule has 0 spiro atoms. The van der Waals surface area contributed by atoms with Crippen LogP contribution >= 0.6 is 0 Å². The highest BCUT2D eigenvalue weighted by atomic mass is 15.3. The fourth-order valence-corrected chi connectivity index (χ4v) is 8.05. The third kappa shape index (κ3) is 2.96. The Morgan fingerprint density at radius 1 is 1.07 bits per heavy atom. The number of rotatable bonds is 2. The second-order valence-electron chi connectivity index (χ2n) is 11.0. The summed E-state index contributed by atoms with van der Waals surface area (Å²) < 4.78 is 1.89. The Kier molecular flexibility index (Phi) is 4.75. The van der Waals surface area contributed by atoms with E-state index in [0.717, 1.165) is 41.3 Å². The molecule has 4 aliphatic rings. The molecule has 1 aromatic heterocycles. The summed E-state index contributed by atoms with van der Waals surface area (Å²) in [5.41, 5.74) is 4.49. The van der Waals surface area contributed by atoms with Crippen molar-refractivity contribution in [3.05, 3.63) is 17.5 Å². The number of hydrogen-bond acceptors (Lipinski definition) is 3. The summed E-state index contributed by atoms with van der Waals surface area (Å²) in [7, 11) is 1.97. The zero-order valence-electron chi connectivity index (χ0n) is 18.8. The topological polar surface area (TPSA) is 42.5 Å². The lowest BCUT2D eigenvalue weighted by atomic mass is 9.45. The van der Waals surface area contributed by atoms with E-state index in [9.17, 15) is 0 Å². The molecule has 29 heavy (non-hydrogen) atoms. The SMILES string of the molecule is Cc1c(/C=N\N=C2\CC[C@H]3[C@@H]4CC[C@H]5CCCC[C@]5(C)[C@H]4CC[C@]23C)cnn1C. The Labute approximate surface area is 176 Å². The van der Waals surface area contributed by atoms with Crippen molar-refractivity contribution in [1.82, 2.24) is 9.78 Å². The lowest BCUT2D eigenvalue weighted by Crippen LogP contribution is -2.52. The van der Waals surface area contributed by atoms with E-state index in [4.69, 9.17) is 5.10 Å². The zero-order valence-corrected chi connectivity index (χ0v) is 18.8. The summed E-state index contributed by atoms with van der Waals surface area (Å²) in [4.78, 5) is 0. The van der Waals surface area contributed by atoms with Gasteiger partial charge in [0, 0.05) is 29.4 Å². The summed E-state index contributed by atoms with van der Waals surface area (Å²) in [6.45, 7) is 7.26. The van der Waals surface area contributed by atoms with Crippen molar-refractivity contribution >= 4 is 11.9 Å². The molecule has 1 aromatic rings. The lowest BCUT2D eigenvalue weighted by molar-refractivity contribution is -0.0936. The number of nitrogens with zero attached hydrogens (tertiary/aromatic N) is 4. The van der Waals surface area contributed by atoms with Crippen LogP contribution in [0.2, 0.25) is 0 Å². The first kappa shape index (κ1) is 19.5. The van der Waals surface area contributed by atoms with Gasteiger partial charge in [-0.2, -0.15) is 15.3 Å². The van der Waals surface area contributed by atoms with E-state index in [1.165, 1.54) is 63.5 Å². The summed E-state index contributed by atoms with van der Waals surface area (Å²) in [5, 5.41) is 13.6. The maximum atomic E-state index is 4.81. The maximum absolute atomic E-state index is 4.81. The molecule has 0 radical (unpaired) electrons. The van der Waals surface area contributed by atoms with Crippen LogP contribution in [0.15, 0.2) is 16.4 Å². The van der Waals surface area contributed by atoms with Crippen molar-refractivity contribution in [2.24, 2.45) is 51.8 Å². The molecule has 1 heterocycles. The minimum absolute atomic E-state index is 0.278. The molecule has 4 heteroatoms. The molecule has 158 valence electrons. The molecule has 0 amide bonds. The average Bonchev–Trinajstić information content (AvgIpc) is 3.21. The Hall–Kier alpha value is -1.45. The van der Waals surface area contributed by atoms with Crippen molar-refractivity contribution in [3.8, 4) is 0 Å². The normalized spacial score (nSPS) is 43.4. The predicted molar refractivity (Wildman–Crippen MR) is 119 cm³/mol. The van der Waals surface area contributed by atoms with Gasteiger partial charge in [-0.25, -0.2) is 0 Å². The van der Waals surface area contributed by atoms with Gasteiger partial charge in [0.15, 0.2) is 0 Å². The maximum Gasteiger partial charge on any atom is 0.0602 e. The van der Waals surface area contributed by atoms with E-state index in [1.807, 2.05) is 24.1 Å². The Morgan fingerprint density at radius 3 is 2.72 bits per heavy atom. The highest BCUT2D eigenvalue weighted by molar-refractivity contribution is 5.93. The van der Waals surface area contributed by atoms with Crippen LogP contribution in [0.5, 0.6) is 0 Å². The second kappa shape index (κ2) is 7.06. The second-order valence-corrected chi connectivity index (χ2v) is 11.0. The minimum atomic E-state index is 0.278. The number of hydrogen-bond donors (Lipinski definition) is 0. The van der Waals surface area contributed by atoms with Gasteiger partial charge >= 0.3 is 0 Å². The predicted octanol–water partition coefficient (Wildman–Crippen LogP) is 5.94. The molecule has 0 saturated heterocycles. The molecule has 0 aliphatic heterocycles. The average molecular weight is 395 g/mol. The number of fused-ring (bicyclic) bond motifs is 5. The van der Waals surface area contributed by atoms with Gasteiger partial charge in [-0.15, -0.1) is 0 Å². The van der Waals surface area contributed by atoms with Crippen molar-refractivity contribution in [1.29, 1.82) is 0 Å². The van der Waals surface area contributed by atoms with E-state index in [-0.39, 0.29) is 5.41 Å². The van der Waals surface area contributed by atoms with Crippen molar-refractivity contribution in [2.45, 2.75) is 85.0 Å². The largest absolute Gasteiger partial charge is 0.272 e. The summed E-state index contributed by atoms with van der Waals surface area (Å²) >= 11 is 0. The zero-order chi connectivity index (χ0) is 20.2. The Balaban J connectivity index is 1.37. The smallest absolute Gasteiger partial charge is 0.0602 e. The molecule has 4 saturated carbocycles. The van der Waals surface area contributed by atoms with Crippen molar-refractivity contribution in [2.75, 3.05) is 0 Å². The van der Waals surface area contributed by atoms with E-state index in [0.29, 0.717) is 5.41 Å². The number of aromatic nitrogens is 2. The van der Waals surface area contributed by atoms with Crippen LogP contribution in [0.25, 0.3) is 0 Å². The van der Waals surface area contributed by atoms with Gasteiger partial charge in [0.2, 0.25) is 0 Å². The highest BCUT2D eigenvalue weighted by Crippen LogP contribution is 2.65. The van der Waals surface area contributed by atoms with Crippen LogP contribution < -0.4 is 0 Å². The molecule has 4 nitrogen and oxygen atoms in total. The van der Waals surface area contributed by atoms with Crippen LogP contribution in [0.4, 0.5) is 0 Å². The van der Waals surface area contributed by atoms with Gasteiger partial charge in [-0.3, -0.25) is 4.68 Å². The van der Waals surface area contributed by atoms with Crippen LogP contribution in [-0.2, 0) is 7.05 Å². The van der Waals surface area contributed by atoms with Gasteiger partial charge < -0.3 is 0 Å². The third-order valence-corrected chi connectivity index (χ3v) is 9.97. The first-order valence-corrected chi connectivity index (χ1v) is 12.0. The Morgan fingerprint density at radius 2 is 1.93 bits per heavy atom. The van der Waals surface area contributed by atoms with Gasteiger partial charge in [0.1, 0.15) is 0 Å². The van der Waals surface area contributed by atoms with Crippen molar-refractivity contribution in [3.63, 3.8) is 0 Å². The van der Waals surface area contributed by atoms with Gasteiger partial charge in [-0.1, -0.05) is 26.7 Å². The van der Waals surface area contributed by atoms with Crippen LogP contribution in [-0.4, -0.2) is 21.7 Å². The lowest BCUT2D eigenvalue weighted by Gasteiger charge is -2.59. The van der Waals surface area contributed by atoms with Crippen LogP contribution in [0, 0.1) is 41.4 Å². The standard InChI is InChI=1S/C25H38N4/c1-17-18(16-27-29(17)4)15-26-28-23-11-10-21-20-9-8-19-7-5-6-13-24(19,2)22(20)12-14-25(21,23)3/h15-16,19-22H,5-14H2,1-4H3/b26-15-,28-23-/t19-,20+,21+,22+,24+,25+/m1/s1. The van der Waals surface area contributed by atoms with E-state index in [1.54, 1.807) is 0 Å². The van der Waals surface area contributed by atoms with E-state index >= 15 is 0 Å². The summed E-state index contributed by atoms with van der Waals surface area (Å²) in [6.07, 6.45) is 17.9. The fourth-order valence-electron chi connectivity index (χ4n) is 8.05. The summed E-state index contributed by atoms with van der Waals surface area (Å²) in [5.74, 6) is 3.71. The van der Waals surface area contributed by atoms with Crippen LogP contribution in [0.3, 0.4) is 0 Å². The molecule has 0 N–H and O–H groups in total. The van der Waals surface area contributed by atoms with E-state index in [2.05, 4.69) is 31.0 Å². The third-order valence-electron chi connectivity index (χ3n) is 9.97. The first-order chi connectivity index (χ1) is 13.9. The fraction of sp³-hybridized carbons (Fsp3) is 0.800. The number of aryl methyl sites for hydroxylation is 1. The Bertz CT molecular complexity index is 836. The molecular weight excluding hydrogens is 356 g/mol. The molecule has 0 bridgehead atoms. The first-order valence-electron chi connectivity index (χ1n) is 12.0. The van der Waals surface area contributed by atoms with E-state index < -0.39 is 0 Å². The highest BCUT2D eigenvalue weighted by Gasteiger charge is 2.58. The molecule has 6 atom stereocenters. The summed E-state index contributed by atoms with van der Waals surface area (Å²) in [6, 6.07) is 0. The van der Waals surface area contributed by atoms with Gasteiger partial charge in [0.05, 0.1) is 12.4 Å². The molecule has 0 unspecified atom stereocenters. The van der Waals surface area contributed by atoms with Crippen molar-refractivity contribution < 1.29 is 0 Å². The van der Waals surface area contributed by atoms with Gasteiger partial charge in [-0.05, 0) is 87.4 Å². The molecule has 4 fully saturated rings. The molecule has 0 aromatic carbocycles. The minimum Gasteiger partial charge on any atom is -0.272 e. The monoisotopic (exact) mass is 394 g/mol. The molecular formula is C25H38N4. The molecule has 4 aliphatic carbocycles. The quantitative estimate of drug-likeness (QED) is 0.452. The molecule has 5 rings (SSSR count). The van der Waals surface area contributed by atoms with Gasteiger partial charge in [0.25, 0.3) is 0 Å². The van der Waals surface area contributed by atoms with Crippen LogP contribution in [0.1, 0.15) is 89.3 Å².